The molecule has 3 aliphatic rings. The maximum absolute atomic E-state index is 10.4. The number of benzene rings is 1. The third-order valence-corrected chi connectivity index (χ3v) is 12.0. The number of rotatable bonds is 4. The first kappa shape index (κ1) is 20.3. The first-order valence-electron chi connectivity index (χ1n) is 9.85. The Morgan fingerprint density at radius 3 is 2.15 bits per heavy atom. The molecule has 0 unspecified atom stereocenters. The van der Waals surface area contributed by atoms with Crippen LogP contribution in [0.15, 0.2) is 23.8 Å². The van der Waals surface area contributed by atoms with Gasteiger partial charge in [0.1, 0.15) is 17.2 Å². The third-order valence-electron chi connectivity index (χ3n) is 7.48. The van der Waals surface area contributed by atoms with Crippen LogP contribution in [-0.4, -0.2) is 30.2 Å². The number of fused-ring (bicyclic) bond motifs is 1. The lowest BCUT2D eigenvalue weighted by Crippen LogP contribution is -2.52. The van der Waals surface area contributed by atoms with E-state index < -0.39 is 8.32 Å². The normalized spacial score (nSPS) is 27.1. The van der Waals surface area contributed by atoms with E-state index >= 15 is 0 Å². The average Bonchev–Trinajstić information content (AvgIpc) is 2.50. The molecule has 3 N–H and O–H groups in total. The number of phenolic OH excluding ortho intramolecular Hbond substituents is 3. The Morgan fingerprint density at radius 2 is 1.67 bits per heavy atom. The summed E-state index contributed by atoms with van der Waals surface area (Å²) in [6, 6.07) is 2.62. The lowest BCUT2D eigenvalue weighted by molar-refractivity contribution is -0.0255. The summed E-state index contributed by atoms with van der Waals surface area (Å²) in [6.45, 7) is 16.4. The SMILES string of the molecule is CC1(C)[C@@H]2C[C@H]1[C@@H](c1c(O)cc(O)cc1O)C=C2CO[Si](C)(C)C(C)(C)C. The van der Waals surface area contributed by atoms with Crippen LogP contribution in [0.25, 0.3) is 0 Å². The van der Waals surface area contributed by atoms with Crippen LogP contribution in [0, 0.1) is 17.3 Å². The third kappa shape index (κ3) is 3.29. The first-order valence-corrected chi connectivity index (χ1v) is 12.8. The highest BCUT2D eigenvalue weighted by molar-refractivity contribution is 6.74. The lowest BCUT2D eigenvalue weighted by Gasteiger charge is -2.59. The Balaban J connectivity index is 1.94. The van der Waals surface area contributed by atoms with Gasteiger partial charge in [-0.3, -0.25) is 0 Å². The van der Waals surface area contributed by atoms with E-state index in [9.17, 15) is 15.3 Å². The monoisotopic (exact) mass is 390 g/mol. The number of phenols is 3. The van der Waals surface area contributed by atoms with Crippen molar-refractivity contribution in [3.8, 4) is 17.2 Å². The van der Waals surface area contributed by atoms with Gasteiger partial charge in [0.15, 0.2) is 8.32 Å². The van der Waals surface area contributed by atoms with Crippen LogP contribution in [0.4, 0.5) is 0 Å². The molecule has 0 aromatic heterocycles. The van der Waals surface area contributed by atoms with Gasteiger partial charge in [-0.1, -0.05) is 40.7 Å². The molecule has 0 amide bonds. The average molecular weight is 391 g/mol. The van der Waals surface area contributed by atoms with Crippen molar-refractivity contribution in [3.05, 3.63) is 29.3 Å². The molecule has 4 rings (SSSR count). The molecular formula is C22H34O4Si. The van der Waals surface area contributed by atoms with Crippen molar-refractivity contribution in [2.24, 2.45) is 17.3 Å². The van der Waals surface area contributed by atoms with E-state index in [0.29, 0.717) is 24.0 Å². The Labute approximate surface area is 164 Å². The second kappa shape index (κ2) is 6.28. The van der Waals surface area contributed by atoms with Crippen LogP contribution in [0.1, 0.15) is 52.5 Å². The predicted octanol–water partition coefficient (Wildman–Crippen LogP) is 5.51. The van der Waals surface area contributed by atoms with Gasteiger partial charge in [0.2, 0.25) is 0 Å². The van der Waals surface area contributed by atoms with Crippen molar-refractivity contribution < 1.29 is 19.7 Å². The zero-order valence-corrected chi connectivity index (χ0v) is 18.6. The quantitative estimate of drug-likeness (QED) is 0.468. The van der Waals surface area contributed by atoms with Gasteiger partial charge in [-0.25, -0.2) is 0 Å². The number of hydrogen-bond donors (Lipinski definition) is 3. The molecule has 0 spiro atoms. The van der Waals surface area contributed by atoms with E-state index in [2.05, 4.69) is 53.8 Å². The molecule has 27 heavy (non-hydrogen) atoms. The lowest BCUT2D eigenvalue weighted by atomic mass is 9.45. The van der Waals surface area contributed by atoms with E-state index in [-0.39, 0.29) is 33.6 Å². The molecular weight excluding hydrogens is 356 g/mol. The van der Waals surface area contributed by atoms with Crippen LogP contribution in [0.3, 0.4) is 0 Å². The Hall–Kier alpha value is -1.46. The van der Waals surface area contributed by atoms with Gasteiger partial charge in [0, 0.05) is 23.6 Å². The number of hydrogen-bond acceptors (Lipinski definition) is 4. The van der Waals surface area contributed by atoms with Crippen LogP contribution in [0.2, 0.25) is 18.1 Å². The minimum Gasteiger partial charge on any atom is -0.508 e. The van der Waals surface area contributed by atoms with Crippen molar-refractivity contribution >= 4 is 8.32 Å². The smallest absolute Gasteiger partial charge is 0.192 e. The molecule has 0 saturated heterocycles. The molecule has 0 heterocycles. The first-order chi connectivity index (χ1) is 12.3. The molecule has 4 nitrogen and oxygen atoms in total. The molecule has 3 atom stereocenters. The van der Waals surface area contributed by atoms with Crippen LogP contribution < -0.4 is 0 Å². The fourth-order valence-electron chi connectivity index (χ4n) is 4.52. The van der Waals surface area contributed by atoms with E-state index in [1.807, 2.05) is 0 Å². The summed E-state index contributed by atoms with van der Waals surface area (Å²) >= 11 is 0. The molecule has 0 aliphatic heterocycles. The Kier molecular flexibility index (Phi) is 4.71. The summed E-state index contributed by atoms with van der Waals surface area (Å²) in [5.41, 5.74) is 1.90. The summed E-state index contributed by atoms with van der Waals surface area (Å²) in [5, 5.41) is 30.6. The van der Waals surface area contributed by atoms with Crippen molar-refractivity contribution in [2.75, 3.05) is 6.61 Å². The van der Waals surface area contributed by atoms with Crippen LogP contribution in [0.5, 0.6) is 17.2 Å². The fourth-order valence-corrected chi connectivity index (χ4v) is 5.48. The molecule has 1 saturated carbocycles. The minimum atomic E-state index is -1.85. The molecule has 3 aliphatic carbocycles. The maximum Gasteiger partial charge on any atom is 0.192 e. The highest BCUT2D eigenvalue weighted by Gasteiger charge is 2.56. The second-order valence-corrected chi connectivity index (χ2v) is 15.2. The molecule has 1 aromatic carbocycles. The highest BCUT2D eigenvalue weighted by atomic mass is 28.4. The largest absolute Gasteiger partial charge is 0.508 e. The number of aromatic hydroxyl groups is 3. The van der Waals surface area contributed by atoms with Gasteiger partial charge in [0.05, 0.1) is 6.61 Å². The van der Waals surface area contributed by atoms with E-state index in [1.165, 1.54) is 17.7 Å². The standard InChI is InChI=1S/C22H34O4Si/c1-21(2,3)27(6,7)26-12-13-8-15(17-11-16(13)22(17,4)5)20-18(24)9-14(23)10-19(20)25/h8-10,15-17,23-25H,11-12H2,1-7H3/t15-,16+,17-/m0/s1. The van der Waals surface area contributed by atoms with Gasteiger partial charge in [-0.05, 0) is 47.4 Å². The Morgan fingerprint density at radius 1 is 1.11 bits per heavy atom. The van der Waals surface area contributed by atoms with E-state index in [4.69, 9.17) is 4.43 Å². The minimum absolute atomic E-state index is 0.0421. The van der Waals surface area contributed by atoms with Gasteiger partial charge in [-0.15, -0.1) is 0 Å². The van der Waals surface area contributed by atoms with Crippen molar-refractivity contribution in [2.45, 2.75) is 65.1 Å². The van der Waals surface area contributed by atoms with E-state index in [1.54, 1.807) is 0 Å². The predicted molar refractivity (Wildman–Crippen MR) is 111 cm³/mol. The molecule has 150 valence electrons. The van der Waals surface area contributed by atoms with Gasteiger partial charge in [0.25, 0.3) is 0 Å². The number of allylic oxidation sites excluding steroid dienone is 1. The maximum atomic E-state index is 10.4. The fraction of sp³-hybridized carbons (Fsp3) is 0.636. The summed E-state index contributed by atoms with van der Waals surface area (Å²) in [4.78, 5) is 0. The molecule has 5 heteroatoms. The zero-order valence-electron chi connectivity index (χ0n) is 17.6. The molecule has 1 aromatic rings. The van der Waals surface area contributed by atoms with Gasteiger partial charge in [-0.2, -0.15) is 0 Å². The van der Waals surface area contributed by atoms with Crippen LogP contribution >= 0.6 is 0 Å². The van der Waals surface area contributed by atoms with Crippen molar-refractivity contribution in [1.29, 1.82) is 0 Å². The van der Waals surface area contributed by atoms with Gasteiger partial charge >= 0.3 is 0 Å². The van der Waals surface area contributed by atoms with Crippen molar-refractivity contribution in [1.82, 2.24) is 0 Å². The van der Waals surface area contributed by atoms with Gasteiger partial charge < -0.3 is 19.7 Å². The topological polar surface area (TPSA) is 69.9 Å². The molecule has 1 fully saturated rings. The summed E-state index contributed by atoms with van der Waals surface area (Å²) in [5.74, 6) is 0.578. The second-order valence-electron chi connectivity index (χ2n) is 10.4. The summed E-state index contributed by atoms with van der Waals surface area (Å²) < 4.78 is 6.49. The summed E-state index contributed by atoms with van der Waals surface area (Å²) in [6.07, 6.45) is 3.24. The summed E-state index contributed by atoms with van der Waals surface area (Å²) in [7, 11) is -1.85. The van der Waals surface area contributed by atoms with Crippen molar-refractivity contribution in [3.63, 3.8) is 0 Å². The highest BCUT2D eigenvalue weighted by Crippen LogP contribution is 2.65. The Bertz CT molecular complexity index is 750. The zero-order chi connectivity index (χ0) is 20.4. The van der Waals surface area contributed by atoms with E-state index in [0.717, 1.165) is 6.42 Å². The molecule has 2 bridgehead atoms. The van der Waals surface area contributed by atoms with Crippen LogP contribution in [-0.2, 0) is 4.43 Å². The molecule has 0 radical (unpaired) electrons.